The number of rotatable bonds is 13. The Balaban J connectivity index is 1.53. The van der Waals surface area contributed by atoms with E-state index in [2.05, 4.69) is 77.5 Å². The highest BCUT2D eigenvalue weighted by molar-refractivity contribution is 7.99. The number of halogens is 1. The molecule has 0 bridgehead atoms. The van der Waals surface area contributed by atoms with Crippen molar-refractivity contribution in [3.8, 4) is 11.5 Å². The highest BCUT2D eigenvalue weighted by Crippen LogP contribution is 2.56. The van der Waals surface area contributed by atoms with Crippen LogP contribution in [0.5, 0.6) is 11.5 Å². The summed E-state index contributed by atoms with van der Waals surface area (Å²) in [4.78, 5) is 0.975. The molecule has 0 fully saturated rings. The molecule has 0 saturated heterocycles. The van der Waals surface area contributed by atoms with Gasteiger partial charge in [0.2, 0.25) is 0 Å². The van der Waals surface area contributed by atoms with Gasteiger partial charge in [-0.1, -0.05) is 127 Å². The first-order chi connectivity index (χ1) is 22.2. The molecule has 6 rings (SSSR count). The van der Waals surface area contributed by atoms with E-state index >= 15 is 0 Å². The van der Waals surface area contributed by atoms with Crippen LogP contribution < -0.4 is 9.05 Å². The molecule has 6 aromatic carbocycles. The van der Waals surface area contributed by atoms with Crippen molar-refractivity contribution < 1.29 is 13.4 Å². The summed E-state index contributed by atoms with van der Waals surface area (Å²) in [5, 5.41) is -0.105. The van der Waals surface area contributed by atoms with E-state index in [1.54, 1.807) is 11.8 Å². The van der Waals surface area contributed by atoms with E-state index in [0.29, 0.717) is 6.54 Å². The van der Waals surface area contributed by atoms with Gasteiger partial charge in [-0.15, -0.1) is 11.8 Å². The maximum Gasteiger partial charge on any atom is 0.385 e. The average Bonchev–Trinajstić information content (AvgIpc) is 3.10. The number of para-hydroxylation sites is 2. The van der Waals surface area contributed by atoms with Gasteiger partial charge in [-0.05, 0) is 65.2 Å². The second-order valence-electron chi connectivity index (χ2n) is 10.4. The van der Waals surface area contributed by atoms with Crippen LogP contribution in [0.2, 0.25) is 0 Å². The smallest absolute Gasteiger partial charge is 0.385 e. The van der Waals surface area contributed by atoms with Crippen molar-refractivity contribution in [2.75, 3.05) is 0 Å². The molecule has 224 valence electrons. The lowest BCUT2D eigenvalue weighted by molar-refractivity contribution is 0.274. The zero-order valence-corrected chi connectivity index (χ0v) is 26.3. The third-order valence-corrected chi connectivity index (χ3v) is 10.1. The zero-order chi connectivity index (χ0) is 30.7. The van der Waals surface area contributed by atoms with Gasteiger partial charge in [-0.2, -0.15) is 0 Å². The van der Waals surface area contributed by atoms with Crippen LogP contribution in [0.4, 0.5) is 4.39 Å². The lowest BCUT2D eigenvalue weighted by Gasteiger charge is -2.40. The molecule has 45 heavy (non-hydrogen) atoms. The average molecular weight is 630 g/mol. The summed E-state index contributed by atoms with van der Waals surface area (Å²) in [5.41, 5.74) is 3.41. The van der Waals surface area contributed by atoms with Crippen molar-refractivity contribution in [2.24, 2.45) is 0 Å². The van der Waals surface area contributed by atoms with Gasteiger partial charge in [0, 0.05) is 11.4 Å². The van der Waals surface area contributed by atoms with Gasteiger partial charge in [-0.25, -0.2) is 9.06 Å². The fourth-order valence-corrected chi connectivity index (χ4v) is 8.07. The first-order valence-corrected chi connectivity index (χ1v) is 16.8. The Kier molecular flexibility index (Phi) is 10.6. The summed E-state index contributed by atoms with van der Waals surface area (Å²) in [6.07, 6.45) is 0. The maximum atomic E-state index is 14.0. The molecule has 0 spiro atoms. The monoisotopic (exact) mass is 629 g/mol. The normalized spacial score (nSPS) is 12.5. The van der Waals surface area contributed by atoms with Crippen molar-refractivity contribution in [3.05, 3.63) is 198 Å². The van der Waals surface area contributed by atoms with E-state index in [-0.39, 0.29) is 17.1 Å². The van der Waals surface area contributed by atoms with Crippen LogP contribution in [-0.2, 0) is 6.54 Å². The van der Waals surface area contributed by atoms with E-state index in [4.69, 9.17) is 9.05 Å². The highest BCUT2D eigenvalue weighted by Gasteiger charge is 2.39. The fourth-order valence-electron chi connectivity index (χ4n) is 5.07. The number of benzene rings is 6. The Labute approximate surface area is 270 Å². The lowest BCUT2D eigenvalue weighted by Crippen LogP contribution is -2.31. The maximum absolute atomic E-state index is 14.0. The SMILES string of the molecule is Fc1ccc(S[C@H](c2ccccc2)[C@H](c2ccccc2)N(Cc2ccccc2)P(Oc2ccccc2)Oc2ccccc2)cc1. The first-order valence-electron chi connectivity index (χ1n) is 14.8. The largest absolute Gasteiger partial charge is 0.427 e. The molecule has 6 aromatic rings. The quantitative estimate of drug-likeness (QED) is 0.0936. The summed E-state index contributed by atoms with van der Waals surface area (Å²) >= 11 is 1.71. The molecule has 0 aliphatic carbocycles. The van der Waals surface area contributed by atoms with Crippen LogP contribution >= 0.6 is 20.3 Å². The zero-order valence-electron chi connectivity index (χ0n) is 24.6. The predicted molar refractivity (Wildman–Crippen MR) is 184 cm³/mol. The van der Waals surface area contributed by atoms with Crippen molar-refractivity contribution in [2.45, 2.75) is 22.7 Å². The molecule has 0 saturated carbocycles. The van der Waals surface area contributed by atoms with E-state index < -0.39 is 8.53 Å². The predicted octanol–water partition coefficient (Wildman–Crippen LogP) is 11.3. The van der Waals surface area contributed by atoms with Crippen molar-refractivity contribution in [3.63, 3.8) is 0 Å². The summed E-state index contributed by atoms with van der Waals surface area (Å²) in [6, 6.07) is 57.7. The molecule has 0 aliphatic rings. The van der Waals surface area contributed by atoms with Crippen molar-refractivity contribution in [1.29, 1.82) is 0 Å². The minimum absolute atomic E-state index is 0.105. The van der Waals surface area contributed by atoms with Gasteiger partial charge in [0.25, 0.3) is 0 Å². The molecular formula is C39H33FNO2PS. The number of thioether (sulfide) groups is 1. The third-order valence-electron chi connectivity index (χ3n) is 7.20. The lowest BCUT2D eigenvalue weighted by atomic mass is 9.97. The van der Waals surface area contributed by atoms with Crippen LogP contribution in [0, 0.1) is 5.82 Å². The van der Waals surface area contributed by atoms with Gasteiger partial charge in [0.1, 0.15) is 17.3 Å². The summed E-state index contributed by atoms with van der Waals surface area (Å²) < 4.78 is 30.0. The Hall–Kier alpha value is -4.41. The molecule has 0 unspecified atom stereocenters. The van der Waals surface area contributed by atoms with Crippen LogP contribution in [0.25, 0.3) is 0 Å². The summed E-state index contributed by atoms with van der Waals surface area (Å²) in [7, 11) is -1.71. The first kappa shape index (κ1) is 30.6. The molecule has 0 aliphatic heterocycles. The molecular weight excluding hydrogens is 596 g/mol. The molecule has 0 radical (unpaired) electrons. The molecule has 0 heterocycles. The minimum Gasteiger partial charge on any atom is -0.427 e. The summed E-state index contributed by atoms with van der Waals surface area (Å²) in [5.74, 6) is 1.20. The van der Waals surface area contributed by atoms with Gasteiger partial charge >= 0.3 is 8.53 Å². The Bertz CT molecular complexity index is 1670. The van der Waals surface area contributed by atoms with Crippen molar-refractivity contribution >= 4 is 20.3 Å². The summed E-state index contributed by atoms with van der Waals surface area (Å²) in [6.45, 7) is 0.569. The molecule has 3 nitrogen and oxygen atoms in total. The van der Waals surface area contributed by atoms with Gasteiger partial charge < -0.3 is 9.05 Å². The van der Waals surface area contributed by atoms with E-state index in [9.17, 15) is 4.39 Å². The second-order valence-corrected chi connectivity index (χ2v) is 13.0. The topological polar surface area (TPSA) is 21.7 Å². The number of hydrogen-bond acceptors (Lipinski definition) is 4. The third kappa shape index (κ3) is 8.40. The Morgan fingerprint density at radius 1 is 0.533 bits per heavy atom. The minimum atomic E-state index is -1.71. The van der Waals surface area contributed by atoms with Crippen LogP contribution in [0.3, 0.4) is 0 Å². The van der Waals surface area contributed by atoms with E-state index in [1.807, 2.05) is 91.0 Å². The number of nitrogens with zero attached hydrogens (tertiary/aromatic N) is 1. The van der Waals surface area contributed by atoms with Crippen LogP contribution in [0.15, 0.2) is 181 Å². The van der Waals surface area contributed by atoms with E-state index in [0.717, 1.165) is 33.1 Å². The van der Waals surface area contributed by atoms with Crippen LogP contribution in [0.1, 0.15) is 28.0 Å². The van der Waals surface area contributed by atoms with Gasteiger partial charge in [0.05, 0.1) is 11.3 Å². The molecule has 6 heteroatoms. The molecule has 0 amide bonds. The number of hydrogen-bond donors (Lipinski definition) is 0. The van der Waals surface area contributed by atoms with Gasteiger partial charge in [0.15, 0.2) is 0 Å². The van der Waals surface area contributed by atoms with Crippen LogP contribution in [-0.4, -0.2) is 4.67 Å². The second kappa shape index (κ2) is 15.5. The molecule has 2 atom stereocenters. The van der Waals surface area contributed by atoms with E-state index in [1.165, 1.54) is 12.1 Å². The Morgan fingerprint density at radius 3 is 1.49 bits per heavy atom. The van der Waals surface area contributed by atoms with Gasteiger partial charge in [-0.3, -0.25) is 0 Å². The standard InChI is InChI=1S/C39H33FNO2PS/c40-34-26-28-37(29-27-34)45-39(33-20-10-3-11-21-33)38(32-18-8-2-9-19-32)41(30-31-16-6-1-7-17-31)44(42-35-22-12-4-13-23-35)43-36-24-14-5-15-25-36/h1-29,38-39H,30H2/t38-,39+/m0/s1. The fraction of sp³-hybridized carbons (Fsp3) is 0.0769. The Morgan fingerprint density at radius 2 is 0.978 bits per heavy atom. The molecule has 0 N–H and O–H groups in total. The highest BCUT2D eigenvalue weighted by atomic mass is 32.2. The van der Waals surface area contributed by atoms with Crippen molar-refractivity contribution in [1.82, 2.24) is 4.67 Å². The molecule has 0 aromatic heterocycles.